The van der Waals surface area contributed by atoms with E-state index in [1.807, 2.05) is 0 Å². The van der Waals surface area contributed by atoms with Crippen molar-refractivity contribution in [1.29, 1.82) is 0 Å². The highest BCUT2D eigenvalue weighted by Gasteiger charge is 2.54. The van der Waals surface area contributed by atoms with Gasteiger partial charge in [0.15, 0.2) is 12.4 Å². The van der Waals surface area contributed by atoms with Crippen LogP contribution >= 0.6 is 0 Å². The number of hydrogen-bond acceptors (Lipinski definition) is 4. The second-order valence-electron chi connectivity index (χ2n) is 10.1. The zero-order chi connectivity index (χ0) is 17.9. The van der Waals surface area contributed by atoms with Gasteiger partial charge in [-0.15, -0.1) is 0 Å². The molecule has 0 aromatic carbocycles. The number of Topliss-reactive ketones (excluding diaryl/α,β-unsaturated/α-hetero) is 2. The van der Waals surface area contributed by atoms with Crippen LogP contribution in [0.1, 0.15) is 70.6 Å². The van der Waals surface area contributed by atoms with E-state index >= 15 is 0 Å². The van der Waals surface area contributed by atoms with Crippen molar-refractivity contribution in [2.75, 3.05) is 6.61 Å². The second-order valence-corrected chi connectivity index (χ2v) is 10.1. The second kappa shape index (κ2) is 6.17. The summed E-state index contributed by atoms with van der Waals surface area (Å²) < 4.78 is 5.53. The summed E-state index contributed by atoms with van der Waals surface area (Å²) in [6.45, 7) is -0.0369. The van der Waals surface area contributed by atoms with Crippen molar-refractivity contribution in [1.82, 2.24) is 0 Å². The number of rotatable bonds is 4. The molecular weight excluding hydrogens is 328 g/mol. The van der Waals surface area contributed by atoms with Crippen molar-refractivity contribution in [2.45, 2.75) is 70.6 Å². The fourth-order valence-electron chi connectivity index (χ4n) is 7.53. The first-order valence-corrected chi connectivity index (χ1v) is 10.8. The molecule has 0 aromatic heterocycles. The summed E-state index contributed by atoms with van der Waals surface area (Å²) in [6, 6.07) is 0. The van der Waals surface area contributed by atoms with Crippen LogP contribution in [0.5, 0.6) is 0 Å². The van der Waals surface area contributed by atoms with E-state index in [1.165, 1.54) is 19.3 Å². The summed E-state index contributed by atoms with van der Waals surface area (Å²) in [5.74, 6) is 2.43. The fraction of sp³-hybridized carbons (Fsp3) is 0.864. The maximum absolute atomic E-state index is 13.0. The molecule has 26 heavy (non-hydrogen) atoms. The van der Waals surface area contributed by atoms with Gasteiger partial charge in [0.25, 0.3) is 0 Å². The van der Waals surface area contributed by atoms with Crippen molar-refractivity contribution >= 4 is 17.5 Å². The molecule has 2 atom stereocenters. The van der Waals surface area contributed by atoms with E-state index < -0.39 is 0 Å². The smallest absolute Gasteiger partial charge is 0.309 e. The van der Waals surface area contributed by atoms with Gasteiger partial charge in [-0.05, 0) is 82.0 Å². The van der Waals surface area contributed by atoms with E-state index in [4.69, 9.17) is 4.74 Å². The maximum Gasteiger partial charge on any atom is 0.309 e. The Labute approximate surface area is 155 Å². The van der Waals surface area contributed by atoms with Crippen LogP contribution < -0.4 is 0 Å². The van der Waals surface area contributed by atoms with Crippen LogP contribution in [0.2, 0.25) is 0 Å². The van der Waals surface area contributed by atoms with Crippen molar-refractivity contribution < 1.29 is 19.1 Å². The molecule has 0 amide bonds. The van der Waals surface area contributed by atoms with Crippen LogP contribution in [0.15, 0.2) is 0 Å². The monoisotopic (exact) mass is 358 g/mol. The summed E-state index contributed by atoms with van der Waals surface area (Å²) in [5, 5.41) is 0. The molecule has 6 saturated carbocycles. The van der Waals surface area contributed by atoms with Crippen LogP contribution in [-0.4, -0.2) is 24.1 Å². The Hall–Kier alpha value is -1.19. The summed E-state index contributed by atoms with van der Waals surface area (Å²) >= 11 is 0. The van der Waals surface area contributed by atoms with Crippen molar-refractivity contribution in [3.8, 4) is 0 Å². The molecule has 6 bridgehead atoms. The molecule has 4 nitrogen and oxygen atoms in total. The highest BCUT2D eigenvalue weighted by atomic mass is 16.5. The molecule has 142 valence electrons. The van der Waals surface area contributed by atoms with Gasteiger partial charge in [-0.3, -0.25) is 14.4 Å². The highest BCUT2D eigenvalue weighted by molar-refractivity contribution is 5.90. The number of carbonyl (C=O) groups excluding carboxylic acids is 3. The molecule has 6 aliphatic rings. The zero-order valence-corrected chi connectivity index (χ0v) is 15.6. The van der Waals surface area contributed by atoms with E-state index in [0.717, 1.165) is 56.3 Å². The standard InChI is InChI=1S/C22H30O4/c23-19(22-9-13-4-14(10-22)6-15(5-13)11-22)12-26-21(25)18-7-16-2-1-3-17(8-18)20(16)24/h13-18H,1-12H2. The molecule has 6 fully saturated rings. The van der Waals surface area contributed by atoms with Crippen LogP contribution in [0.3, 0.4) is 0 Å². The largest absolute Gasteiger partial charge is 0.457 e. The Morgan fingerprint density at radius 2 is 1.42 bits per heavy atom. The first-order chi connectivity index (χ1) is 12.5. The Kier molecular flexibility index (Phi) is 4.02. The first kappa shape index (κ1) is 16.9. The van der Waals surface area contributed by atoms with Crippen molar-refractivity contribution in [2.24, 2.45) is 40.9 Å². The molecule has 6 rings (SSSR count). The predicted octanol–water partition coefficient (Wildman–Crippen LogP) is 3.71. The van der Waals surface area contributed by atoms with E-state index in [2.05, 4.69) is 0 Å². The molecule has 0 spiro atoms. The van der Waals surface area contributed by atoms with Crippen LogP contribution in [0.25, 0.3) is 0 Å². The normalized spacial score (nSPS) is 46.2. The minimum Gasteiger partial charge on any atom is -0.457 e. The Balaban J connectivity index is 1.19. The van der Waals surface area contributed by atoms with Crippen LogP contribution in [0.4, 0.5) is 0 Å². The lowest BCUT2D eigenvalue weighted by Crippen LogP contribution is -2.51. The number of ether oxygens (including phenoxy) is 1. The van der Waals surface area contributed by atoms with Gasteiger partial charge in [-0.2, -0.15) is 0 Å². The Morgan fingerprint density at radius 1 is 0.885 bits per heavy atom. The first-order valence-electron chi connectivity index (χ1n) is 10.8. The predicted molar refractivity (Wildman–Crippen MR) is 95.1 cm³/mol. The summed E-state index contributed by atoms with van der Waals surface area (Å²) in [6.07, 6.45) is 11.2. The molecular formula is C22H30O4. The SMILES string of the molecule is O=C(OCC(=O)C12CC3CC(CC(C3)C1)C2)C1CC2CCCC(C1)C2=O. The molecule has 2 unspecified atom stereocenters. The van der Waals surface area contributed by atoms with Gasteiger partial charge in [0.05, 0.1) is 5.92 Å². The molecule has 0 radical (unpaired) electrons. The zero-order valence-electron chi connectivity index (χ0n) is 15.6. The van der Waals surface area contributed by atoms with Gasteiger partial charge < -0.3 is 4.74 Å². The van der Waals surface area contributed by atoms with E-state index in [-0.39, 0.29) is 41.5 Å². The summed E-state index contributed by atoms with van der Waals surface area (Å²) in [5.41, 5.74) is -0.186. The molecule has 0 aromatic rings. The van der Waals surface area contributed by atoms with Crippen molar-refractivity contribution in [3.05, 3.63) is 0 Å². The molecule has 0 heterocycles. The topological polar surface area (TPSA) is 60.4 Å². The quantitative estimate of drug-likeness (QED) is 0.719. The van der Waals surface area contributed by atoms with E-state index in [0.29, 0.717) is 18.6 Å². The minimum atomic E-state index is -0.229. The Bertz CT molecular complexity index is 585. The molecule has 6 aliphatic carbocycles. The third-order valence-corrected chi connectivity index (χ3v) is 8.36. The molecule has 0 saturated heterocycles. The average molecular weight is 358 g/mol. The average Bonchev–Trinajstić information content (AvgIpc) is 2.58. The number of ketones is 2. The van der Waals surface area contributed by atoms with Gasteiger partial charge >= 0.3 is 5.97 Å². The van der Waals surface area contributed by atoms with E-state index in [9.17, 15) is 14.4 Å². The summed E-state index contributed by atoms with van der Waals surface area (Å²) in [4.78, 5) is 37.8. The lowest BCUT2D eigenvalue weighted by Gasteiger charge is -2.55. The summed E-state index contributed by atoms with van der Waals surface area (Å²) in [7, 11) is 0. The minimum absolute atomic E-state index is 0.0369. The lowest BCUT2D eigenvalue weighted by atomic mass is 9.48. The highest BCUT2D eigenvalue weighted by Crippen LogP contribution is 2.60. The van der Waals surface area contributed by atoms with Crippen LogP contribution in [0, 0.1) is 40.9 Å². The Morgan fingerprint density at radius 3 is 1.96 bits per heavy atom. The van der Waals surface area contributed by atoms with Gasteiger partial charge in [0.2, 0.25) is 0 Å². The number of esters is 1. The molecule has 0 aliphatic heterocycles. The van der Waals surface area contributed by atoms with Crippen LogP contribution in [-0.2, 0) is 19.1 Å². The fourth-order valence-corrected chi connectivity index (χ4v) is 7.53. The number of carbonyl (C=O) groups is 3. The molecule has 0 N–H and O–H groups in total. The van der Waals surface area contributed by atoms with Gasteiger partial charge in [-0.25, -0.2) is 0 Å². The van der Waals surface area contributed by atoms with E-state index in [1.54, 1.807) is 0 Å². The third kappa shape index (κ3) is 2.75. The number of hydrogen-bond donors (Lipinski definition) is 0. The van der Waals surface area contributed by atoms with Gasteiger partial charge in [0.1, 0.15) is 5.78 Å². The van der Waals surface area contributed by atoms with Crippen molar-refractivity contribution in [3.63, 3.8) is 0 Å². The van der Waals surface area contributed by atoms with Gasteiger partial charge in [0, 0.05) is 17.3 Å². The van der Waals surface area contributed by atoms with Gasteiger partial charge in [-0.1, -0.05) is 6.42 Å². The third-order valence-electron chi connectivity index (χ3n) is 8.36. The molecule has 4 heteroatoms. The number of fused-ring (bicyclic) bond motifs is 2. The maximum atomic E-state index is 13.0. The lowest BCUT2D eigenvalue weighted by molar-refractivity contribution is -0.162.